The molecule has 2 aromatic carbocycles. The van der Waals surface area contributed by atoms with Crippen molar-refractivity contribution in [3.8, 4) is 5.75 Å². The predicted octanol–water partition coefficient (Wildman–Crippen LogP) is 3.67. The smallest absolute Gasteiger partial charge is 0.268 e. The third-order valence-corrected chi connectivity index (χ3v) is 7.44. The summed E-state index contributed by atoms with van der Waals surface area (Å²) in [5.74, 6) is -0.799. The quantitative estimate of drug-likeness (QED) is 0.305. The summed E-state index contributed by atoms with van der Waals surface area (Å²) >= 11 is 0. The van der Waals surface area contributed by atoms with Gasteiger partial charge in [0.15, 0.2) is 15.6 Å². The number of rotatable bonds is 8. The molecule has 0 unspecified atom stereocenters. The highest BCUT2D eigenvalue weighted by molar-refractivity contribution is 7.90. The first-order valence-electron chi connectivity index (χ1n) is 12.1. The lowest BCUT2D eigenvalue weighted by molar-refractivity contribution is 0.0943. The second kappa shape index (κ2) is 10.6. The van der Waals surface area contributed by atoms with Crippen LogP contribution in [0.5, 0.6) is 5.75 Å². The molecule has 1 amide bonds. The Morgan fingerprint density at radius 2 is 1.74 bits per heavy atom. The summed E-state index contributed by atoms with van der Waals surface area (Å²) in [6, 6.07) is 21.0. The summed E-state index contributed by atoms with van der Waals surface area (Å²) in [5, 5.41) is 13.6. The molecule has 10 heteroatoms. The zero-order valence-corrected chi connectivity index (χ0v) is 21.8. The van der Waals surface area contributed by atoms with Crippen LogP contribution in [-0.2, 0) is 29.3 Å². The van der Waals surface area contributed by atoms with E-state index in [0.717, 1.165) is 17.4 Å². The molecule has 0 bridgehead atoms. The maximum Gasteiger partial charge on any atom is 0.268 e. The van der Waals surface area contributed by atoms with Crippen molar-refractivity contribution in [3.63, 3.8) is 0 Å². The number of hydrogen-bond acceptors (Lipinski definition) is 7. The van der Waals surface area contributed by atoms with E-state index in [1.54, 1.807) is 36.5 Å². The fraction of sp³-hybridized carbons (Fsp3) is 0.138. The summed E-state index contributed by atoms with van der Waals surface area (Å²) in [4.78, 5) is 31.4. The lowest BCUT2D eigenvalue weighted by Gasteiger charge is -2.16. The van der Waals surface area contributed by atoms with Gasteiger partial charge in [-0.1, -0.05) is 42.5 Å². The molecule has 0 aliphatic heterocycles. The van der Waals surface area contributed by atoms with Crippen molar-refractivity contribution in [3.05, 3.63) is 124 Å². The van der Waals surface area contributed by atoms with E-state index in [9.17, 15) is 23.1 Å². The van der Waals surface area contributed by atoms with E-state index in [2.05, 4.69) is 10.3 Å². The molecule has 0 saturated heterocycles. The highest BCUT2D eigenvalue weighted by atomic mass is 32.2. The molecule has 3 aromatic heterocycles. The van der Waals surface area contributed by atoms with Gasteiger partial charge in [0.1, 0.15) is 16.8 Å². The minimum absolute atomic E-state index is 0.0224. The first kappa shape index (κ1) is 25.9. The molecule has 0 atom stereocenters. The van der Waals surface area contributed by atoms with E-state index in [-0.39, 0.29) is 23.5 Å². The second-order valence-electron chi connectivity index (χ2n) is 9.17. The molecule has 0 saturated carbocycles. The number of amides is 1. The van der Waals surface area contributed by atoms with Crippen molar-refractivity contribution in [2.24, 2.45) is 0 Å². The molecule has 0 fully saturated rings. The number of sulfone groups is 1. The van der Waals surface area contributed by atoms with E-state index in [0.29, 0.717) is 23.3 Å². The highest BCUT2D eigenvalue weighted by Crippen LogP contribution is 2.27. The Morgan fingerprint density at radius 1 is 1.00 bits per heavy atom. The molecule has 3 heterocycles. The van der Waals surface area contributed by atoms with E-state index in [4.69, 9.17) is 4.42 Å². The number of benzene rings is 2. The van der Waals surface area contributed by atoms with Gasteiger partial charge >= 0.3 is 0 Å². The summed E-state index contributed by atoms with van der Waals surface area (Å²) in [5.41, 5.74) is 1.79. The van der Waals surface area contributed by atoms with Gasteiger partial charge in [-0.05, 0) is 53.4 Å². The number of pyridine rings is 2. The number of aromatic nitrogens is 2. The Labute approximate surface area is 224 Å². The van der Waals surface area contributed by atoms with Crippen LogP contribution in [0.3, 0.4) is 0 Å². The number of carbonyl (C=O) groups excluding carboxylic acids is 1. The zero-order valence-electron chi connectivity index (χ0n) is 21.0. The number of carbonyl (C=O) groups is 1. The van der Waals surface area contributed by atoms with Crippen molar-refractivity contribution < 1.29 is 22.7 Å². The minimum Gasteiger partial charge on any atom is -0.505 e. The number of nitrogens with one attached hydrogen (secondary N) is 1. The van der Waals surface area contributed by atoms with Gasteiger partial charge in [0.25, 0.3) is 11.5 Å². The molecule has 9 nitrogen and oxygen atoms in total. The number of aromatic hydroxyl groups is 1. The molecule has 5 rings (SSSR count). The summed E-state index contributed by atoms with van der Waals surface area (Å²) in [7, 11) is -3.39. The molecule has 39 heavy (non-hydrogen) atoms. The molecule has 0 aliphatic rings. The largest absolute Gasteiger partial charge is 0.505 e. The summed E-state index contributed by atoms with van der Waals surface area (Å²) in [6.45, 7) is 0.0493. The van der Waals surface area contributed by atoms with Crippen molar-refractivity contribution in [1.82, 2.24) is 14.9 Å². The fourth-order valence-corrected chi connectivity index (χ4v) is 4.96. The Hall–Kier alpha value is -4.70. The standard InChI is InChI=1S/C29H25N3O6S/c1-39(36,37)23-11-9-20(10-12-23)18-32-24-15-21(14-19-6-3-2-4-7-19)16-30-26(24)27(33)25(29(32)35)28(34)31-17-22-8-5-13-38-22/h2-13,15-16,33H,14,17-18H2,1H3,(H,31,34). The molecule has 2 N–H and O–H groups in total. The summed E-state index contributed by atoms with van der Waals surface area (Å²) < 4.78 is 30.4. The van der Waals surface area contributed by atoms with Crippen molar-refractivity contribution in [1.29, 1.82) is 0 Å². The van der Waals surface area contributed by atoms with Gasteiger partial charge in [-0.25, -0.2) is 8.42 Å². The number of fused-ring (bicyclic) bond motifs is 1. The highest BCUT2D eigenvalue weighted by Gasteiger charge is 2.24. The normalized spacial score (nSPS) is 11.5. The molecule has 5 aromatic rings. The molecular weight excluding hydrogens is 518 g/mol. The van der Waals surface area contributed by atoms with E-state index >= 15 is 0 Å². The van der Waals surface area contributed by atoms with Crippen molar-refractivity contribution in [2.75, 3.05) is 6.26 Å². The molecule has 0 spiro atoms. The SMILES string of the molecule is CS(=O)(=O)c1ccc(Cn2c(=O)c(C(=O)NCc3ccco3)c(O)c3ncc(Cc4ccccc4)cc32)cc1. The predicted molar refractivity (Wildman–Crippen MR) is 145 cm³/mol. The van der Waals surface area contributed by atoms with Gasteiger partial charge in [0.2, 0.25) is 0 Å². The third kappa shape index (κ3) is 5.60. The number of furan rings is 1. The maximum atomic E-state index is 13.7. The fourth-order valence-electron chi connectivity index (χ4n) is 4.33. The van der Waals surface area contributed by atoms with Gasteiger partial charge in [0, 0.05) is 12.5 Å². The zero-order chi connectivity index (χ0) is 27.6. The van der Waals surface area contributed by atoms with Crippen LogP contribution in [0.2, 0.25) is 0 Å². The Balaban J connectivity index is 1.60. The van der Waals surface area contributed by atoms with Crippen LogP contribution in [-0.4, -0.2) is 35.2 Å². The van der Waals surface area contributed by atoms with Gasteiger partial charge < -0.3 is 19.4 Å². The number of hydrogen-bond donors (Lipinski definition) is 2. The van der Waals surface area contributed by atoms with E-state index in [1.165, 1.54) is 23.0 Å². The monoisotopic (exact) mass is 543 g/mol. The maximum absolute atomic E-state index is 13.7. The van der Waals surface area contributed by atoms with Crippen LogP contribution in [0.15, 0.2) is 99.4 Å². The Kier molecular flexibility index (Phi) is 7.03. The second-order valence-corrected chi connectivity index (χ2v) is 11.2. The average Bonchev–Trinajstić information content (AvgIpc) is 3.44. The van der Waals surface area contributed by atoms with Crippen LogP contribution in [0.1, 0.15) is 32.8 Å². The first-order chi connectivity index (χ1) is 18.7. The lowest BCUT2D eigenvalue weighted by Crippen LogP contribution is -2.33. The van der Waals surface area contributed by atoms with Gasteiger partial charge in [-0.3, -0.25) is 14.6 Å². The van der Waals surface area contributed by atoms with Crippen molar-refractivity contribution in [2.45, 2.75) is 24.4 Å². The van der Waals surface area contributed by atoms with Gasteiger partial charge in [0.05, 0.1) is 29.8 Å². The first-order valence-corrected chi connectivity index (χ1v) is 14.0. The van der Waals surface area contributed by atoms with Crippen LogP contribution < -0.4 is 10.9 Å². The lowest BCUT2D eigenvalue weighted by atomic mass is 10.1. The molecule has 0 radical (unpaired) electrons. The van der Waals surface area contributed by atoms with Crippen molar-refractivity contribution >= 4 is 26.8 Å². The van der Waals surface area contributed by atoms with E-state index < -0.39 is 32.6 Å². The van der Waals surface area contributed by atoms with Crippen LogP contribution in [0.4, 0.5) is 0 Å². The third-order valence-electron chi connectivity index (χ3n) is 6.31. The summed E-state index contributed by atoms with van der Waals surface area (Å²) in [6.07, 6.45) is 4.74. The van der Waals surface area contributed by atoms with Crippen LogP contribution in [0, 0.1) is 0 Å². The average molecular weight is 544 g/mol. The van der Waals surface area contributed by atoms with E-state index in [1.807, 2.05) is 30.3 Å². The van der Waals surface area contributed by atoms with Gasteiger partial charge in [-0.15, -0.1) is 0 Å². The topological polar surface area (TPSA) is 132 Å². The molecule has 0 aliphatic carbocycles. The van der Waals surface area contributed by atoms with Crippen LogP contribution in [0.25, 0.3) is 11.0 Å². The molecule has 198 valence electrons. The molecular formula is C29H25N3O6S. The number of nitrogens with zero attached hydrogens (tertiary/aromatic N) is 2. The minimum atomic E-state index is -3.39. The Bertz CT molecular complexity index is 1810. The van der Waals surface area contributed by atoms with Gasteiger partial charge in [-0.2, -0.15) is 0 Å². The Morgan fingerprint density at radius 3 is 2.41 bits per heavy atom. The van der Waals surface area contributed by atoms with Crippen LogP contribution >= 0.6 is 0 Å².